The lowest BCUT2D eigenvalue weighted by Gasteiger charge is -2.09. The minimum absolute atomic E-state index is 0. The summed E-state index contributed by atoms with van der Waals surface area (Å²) in [6, 6.07) is 0. The van der Waals surface area contributed by atoms with E-state index in [1.807, 2.05) is 28.5 Å². The van der Waals surface area contributed by atoms with E-state index in [1.165, 1.54) is 18.6 Å². The molecular weight excluding hydrogens is 238 g/mol. The first kappa shape index (κ1) is 14.5. The Morgan fingerprint density at radius 3 is 2.86 bits per heavy atom. The molecule has 2 N–H and O–H groups in total. The van der Waals surface area contributed by atoms with Gasteiger partial charge in [0.2, 0.25) is 5.91 Å². The molecule has 1 amide bonds. The third-order valence-corrected chi connectivity index (χ3v) is 5.38. The molecule has 0 saturated carbocycles. The number of hydrogen-bond acceptors (Lipinski definition) is 3. The highest BCUT2D eigenvalue weighted by atomic mass is 35.5. The van der Waals surface area contributed by atoms with E-state index in [1.54, 1.807) is 0 Å². The number of rotatable bonds is 5. The number of halogens is 1. The SMILES string of the molecule is CC(CCCC1CCSS1)C(N)=O.Cl. The summed E-state index contributed by atoms with van der Waals surface area (Å²) in [5.41, 5.74) is 5.18. The van der Waals surface area contributed by atoms with Gasteiger partial charge >= 0.3 is 0 Å². The molecule has 0 aromatic carbocycles. The van der Waals surface area contributed by atoms with E-state index < -0.39 is 0 Å². The van der Waals surface area contributed by atoms with Crippen molar-refractivity contribution in [3.63, 3.8) is 0 Å². The molecule has 0 aliphatic carbocycles. The van der Waals surface area contributed by atoms with Crippen LogP contribution in [0.3, 0.4) is 0 Å². The van der Waals surface area contributed by atoms with Crippen molar-refractivity contribution in [1.29, 1.82) is 0 Å². The highest BCUT2D eigenvalue weighted by Gasteiger charge is 2.16. The van der Waals surface area contributed by atoms with Crippen LogP contribution >= 0.6 is 34.0 Å². The predicted molar refractivity (Wildman–Crippen MR) is 67.9 cm³/mol. The lowest BCUT2D eigenvalue weighted by Crippen LogP contribution is -2.20. The van der Waals surface area contributed by atoms with E-state index in [0.717, 1.165) is 18.1 Å². The van der Waals surface area contributed by atoms with Gasteiger partial charge < -0.3 is 5.73 Å². The fraction of sp³-hybridized carbons (Fsp3) is 0.889. The van der Waals surface area contributed by atoms with Gasteiger partial charge in [-0.3, -0.25) is 4.79 Å². The number of primary amides is 1. The molecule has 0 aromatic heterocycles. The molecule has 1 heterocycles. The molecule has 0 bridgehead atoms. The topological polar surface area (TPSA) is 43.1 Å². The van der Waals surface area contributed by atoms with Crippen LogP contribution in [0.4, 0.5) is 0 Å². The Labute approximate surface area is 100.0 Å². The fourth-order valence-corrected chi connectivity index (χ4v) is 4.39. The first-order valence-corrected chi connectivity index (χ1v) is 7.16. The highest BCUT2D eigenvalue weighted by Crippen LogP contribution is 2.39. The summed E-state index contributed by atoms with van der Waals surface area (Å²) in [7, 11) is 3.98. The van der Waals surface area contributed by atoms with Crippen LogP contribution in [0.1, 0.15) is 32.6 Å². The van der Waals surface area contributed by atoms with E-state index in [9.17, 15) is 4.79 Å². The van der Waals surface area contributed by atoms with Crippen LogP contribution in [-0.4, -0.2) is 16.9 Å². The lowest BCUT2D eigenvalue weighted by atomic mass is 10.0. The van der Waals surface area contributed by atoms with Crippen LogP contribution < -0.4 is 5.73 Å². The van der Waals surface area contributed by atoms with Gasteiger partial charge in [-0.2, -0.15) is 0 Å². The average Bonchev–Trinajstić information content (AvgIpc) is 2.56. The Kier molecular flexibility index (Phi) is 7.97. The van der Waals surface area contributed by atoms with E-state index in [-0.39, 0.29) is 24.2 Å². The minimum atomic E-state index is -0.159. The lowest BCUT2D eigenvalue weighted by molar-refractivity contribution is -0.121. The highest BCUT2D eigenvalue weighted by molar-refractivity contribution is 8.77. The normalized spacial score (nSPS) is 22.8. The molecule has 0 aromatic rings. The molecular formula is C9H18ClNOS2. The fourth-order valence-electron chi connectivity index (χ4n) is 1.36. The molecule has 2 atom stereocenters. The van der Waals surface area contributed by atoms with Gasteiger partial charge in [-0.1, -0.05) is 34.9 Å². The molecule has 14 heavy (non-hydrogen) atoms. The molecule has 84 valence electrons. The van der Waals surface area contributed by atoms with Crippen molar-refractivity contribution in [2.24, 2.45) is 11.7 Å². The van der Waals surface area contributed by atoms with Gasteiger partial charge in [-0.15, -0.1) is 12.4 Å². The van der Waals surface area contributed by atoms with Crippen molar-refractivity contribution in [1.82, 2.24) is 0 Å². The van der Waals surface area contributed by atoms with Gasteiger partial charge in [0.1, 0.15) is 0 Å². The second-order valence-electron chi connectivity index (χ2n) is 3.56. The van der Waals surface area contributed by atoms with Gasteiger partial charge in [0.15, 0.2) is 0 Å². The zero-order valence-electron chi connectivity index (χ0n) is 8.40. The van der Waals surface area contributed by atoms with Crippen LogP contribution in [0, 0.1) is 5.92 Å². The Hall–Kier alpha value is 0.460. The van der Waals surface area contributed by atoms with Crippen molar-refractivity contribution < 1.29 is 4.79 Å². The van der Waals surface area contributed by atoms with Gasteiger partial charge in [-0.05, 0) is 19.3 Å². The molecule has 0 spiro atoms. The third-order valence-electron chi connectivity index (χ3n) is 2.38. The van der Waals surface area contributed by atoms with E-state index in [0.29, 0.717) is 0 Å². The molecule has 1 fully saturated rings. The smallest absolute Gasteiger partial charge is 0.220 e. The van der Waals surface area contributed by atoms with Crippen LogP contribution in [0.15, 0.2) is 0 Å². The summed E-state index contributed by atoms with van der Waals surface area (Å²) >= 11 is 0. The number of amides is 1. The van der Waals surface area contributed by atoms with E-state index in [2.05, 4.69) is 0 Å². The third kappa shape index (κ3) is 5.37. The molecule has 2 nitrogen and oxygen atoms in total. The van der Waals surface area contributed by atoms with Crippen LogP contribution in [0.2, 0.25) is 0 Å². The second-order valence-corrected chi connectivity index (χ2v) is 6.35. The summed E-state index contributed by atoms with van der Waals surface area (Å²) < 4.78 is 0. The maximum atomic E-state index is 10.7. The summed E-state index contributed by atoms with van der Waals surface area (Å²) in [4.78, 5) is 10.7. The molecule has 1 aliphatic heterocycles. The second kappa shape index (κ2) is 7.71. The van der Waals surface area contributed by atoms with Crippen molar-refractivity contribution in [2.75, 3.05) is 5.75 Å². The number of carbonyl (C=O) groups is 1. The summed E-state index contributed by atoms with van der Waals surface area (Å²) in [5, 5.41) is 0.824. The Morgan fingerprint density at radius 1 is 1.64 bits per heavy atom. The molecule has 1 saturated heterocycles. The van der Waals surface area contributed by atoms with Gasteiger partial charge in [0.25, 0.3) is 0 Å². The largest absolute Gasteiger partial charge is 0.369 e. The van der Waals surface area contributed by atoms with Crippen LogP contribution in [0.5, 0.6) is 0 Å². The molecule has 2 unspecified atom stereocenters. The number of carbonyl (C=O) groups excluding carboxylic acids is 1. The quantitative estimate of drug-likeness (QED) is 0.769. The summed E-state index contributed by atoms with van der Waals surface area (Å²) in [6.07, 6.45) is 4.68. The monoisotopic (exact) mass is 255 g/mol. The van der Waals surface area contributed by atoms with Crippen molar-refractivity contribution in [3.8, 4) is 0 Å². The Balaban J connectivity index is 0.00000169. The first-order valence-electron chi connectivity index (χ1n) is 4.77. The Bertz CT molecular complexity index is 174. The standard InChI is InChI=1S/C9H17NOS2.ClH/c1-7(9(10)11)3-2-4-8-5-6-12-13-8;/h7-8H,2-6H2,1H3,(H2,10,11);1H. The van der Waals surface area contributed by atoms with Crippen molar-refractivity contribution in [3.05, 3.63) is 0 Å². The molecule has 0 radical (unpaired) electrons. The van der Waals surface area contributed by atoms with Gasteiger partial charge in [0, 0.05) is 16.9 Å². The Morgan fingerprint density at radius 2 is 2.36 bits per heavy atom. The van der Waals surface area contributed by atoms with Crippen molar-refractivity contribution in [2.45, 2.75) is 37.9 Å². The summed E-state index contributed by atoms with van der Waals surface area (Å²) in [5.74, 6) is 1.19. The number of nitrogens with two attached hydrogens (primary N) is 1. The zero-order chi connectivity index (χ0) is 9.68. The molecule has 1 rings (SSSR count). The number of hydrogen-bond donors (Lipinski definition) is 1. The minimum Gasteiger partial charge on any atom is -0.369 e. The molecule has 1 aliphatic rings. The van der Waals surface area contributed by atoms with E-state index >= 15 is 0 Å². The first-order chi connectivity index (χ1) is 6.20. The zero-order valence-corrected chi connectivity index (χ0v) is 10.9. The van der Waals surface area contributed by atoms with Gasteiger partial charge in [0.05, 0.1) is 0 Å². The maximum Gasteiger partial charge on any atom is 0.220 e. The maximum absolute atomic E-state index is 10.7. The van der Waals surface area contributed by atoms with Crippen LogP contribution in [-0.2, 0) is 4.79 Å². The predicted octanol–water partition coefficient (Wildman–Crippen LogP) is 2.85. The van der Waals surface area contributed by atoms with Crippen molar-refractivity contribution >= 4 is 39.9 Å². The average molecular weight is 256 g/mol. The van der Waals surface area contributed by atoms with Crippen LogP contribution in [0.25, 0.3) is 0 Å². The van der Waals surface area contributed by atoms with E-state index in [4.69, 9.17) is 5.73 Å². The molecule has 5 heteroatoms. The van der Waals surface area contributed by atoms with Gasteiger partial charge in [-0.25, -0.2) is 0 Å². The summed E-state index contributed by atoms with van der Waals surface area (Å²) in [6.45, 7) is 1.92.